The zero-order valence-corrected chi connectivity index (χ0v) is 17.6. The predicted octanol–water partition coefficient (Wildman–Crippen LogP) is 3.84. The first-order valence-electron chi connectivity index (χ1n) is 9.11. The number of carbonyl (C=O) groups excluding carboxylic acids is 1. The number of benzene rings is 1. The van der Waals surface area contributed by atoms with Gasteiger partial charge in [0.1, 0.15) is 5.82 Å². The maximum atomic E-state index is 11.1. The van der Waals surface area contributed by atoms with Crippen molar-refractivity contribution in [3.05, 3.63) is 47.2 Å². The first kappa shape index (κ1) is 20.3. The SMILES string of the molecule is CC(C)Cn1c(CCC(N)=O)nnc1SCc1csc(Nc2ccccc2)n1. The van der Waals surface area contributed by atoms with Crippen LogP contribution < -0.4 is 11.1 Å². The number of nitrogens with one attached hydrogen (secondary N) is 1. The predicted molar refractivity (Wildman–Crippen MR) is 114 cm³/mol. The van der Waals surface area contributed by atoms with Gasteiger partial charge in [0.15, 0.2) is 10.3 Å². The van der Waals surface area contributed by atoms with Crippen LogP contribution in [0.15, 0.2) is 40.9 Å². The molecule has 0 radical (unpaired) electrons. The normalized spacial score (nSPS) is 11.1. The van der Waals surface area contributed by atoms with Crippen LogP contribution in [0.2, 0.25) is 0 Å². The molecule has 0 atom stereocenters. The molecule has 0 aliphatic heterocycles. The summed E-state index contributed by atoms with van der Waals surface area (Å²) < 4.78 is 2.09. The number of anilines is 2. The Labute approximate surface area is 172 Å². The lowest BCUT2D eigenvalue weighted by Crippen LogP contribution is -2.15. The molecule has 0 aliphatic rings. The molecule has 0 spiro atoms. The third-order valence-corrected chi connectivity index (χ3v) is 5.67. The Balaban J connectivity index is 1.64. The molecule has 3 aromatic rings. The van der Waals surface area contributed by atoms with Gasteiger partial charge in [0.2, 0.25) is 5.91 Å². The second kappa shape index (κ2) is 9.70. The van der Waals surface area contributed by atoms with Crippen molar-refractivity contribution >= 4 is 39.8 Å². The van der Waals surface area contributed by atoms with E-state index in [9.17, 15) is 4.79 Å². The summed E-state index contributed by atoms with van der Waals surface area (Å²) >= 11 is 3.19. The van der Waals surface area contributed by atoms with Gasteiger partial charge in [0.05, 0.1) is 5.69 Å². The highest BCUT2D eigenvalue weighted by atomic mass is 32.2. The highest BCUT2D eigenvalue weighted by Gasteiger charge is 2.15. The molecule has 7 nitrogen and oxygen atoms in total. The van der Waals surface area contributed by atoms with E-state index < -0.39 is 0 Å². The lowest BCUT2D eigenvalue weighted by atomic mass is 10.2. The number of aryl methyl sites for hydroxylation is 1. The third-order valence-electron chi connectivity index (χ3n) is 3.86. The van der Waals surface area contributed by atoms with E-state index in [2.05, 4.69) is 44.3 Å². The summed E-state index contributed by atoms with van der Waals surface area (Å²) in [5.74, 6) is 1.64. The minimum absolute atomic E-state index is 0.279. The van der Waals surface area contributed by atoms with Crippen molar-refractivity contribution in [3.63, 3.8) is 0 Å². The molecular formula is C19H24N6OS2. The number of primary amides is 1. The first-order valence-corrected chi connectivity index (χ1v) is 11.0. The van der Waals surface area contributed by atoms with Crippen molar-refractivity contribution in [2.75, 3.05) is 5.32 Å². The van der Waals surface area contributed by atoms with Crippen molar-refractivity contribution < 1.29 is 4.79 Å². The van der Waals surface area contributed by atoms with Crippen LogP contribution in [-0.2, 0) is 23.5 Å². The molecule has 1 amide bonds. The Kier molecular flexibility index (Phi) is 7.05. The van der Waals surface area contributed by atoms with Crippen molar-refractivity contribution in [2.24, 2.45) is 11.7 Å². The maximum absolute atomic E-state index is 11.1. The number of carbonyl (C=O) groups is 1. The summed E-state index contributed by atoms with van der Waals surface area (Å²) in [5, 5.41) is 15.7. The topological polar surface area (TPSA) is 98.7 Å². The number of aromatic nitrogens is 4. The lowest BCUT2D eigenvalue weighted by molar-refractivity contribution is -0.118. The van der Waals surface area contributed by atoms with Crippen LogP contribution in [0.4, 0.5) is 10.8 Å². The molecule has 0 unspecified atom stereocenters. The van der Waals surface area contributed by atoms with Crippen molar-refractivity contribution in [3.8, 4) is 0 Å². The Hall–Kier alpha value is -2.39. The van der Waals surface area contributed by atoms with E-state index in [1.807, 2.05) is 30.3 Å². The molecule has 0 bridgehead atoms. The number of para-hydroxylation sites is 1. The zero-order valence-electron chi connectivity index (χ0n) is 16.0. The fraction of sp³-hybridized carbons (Fsp3) is 0.368. The standard InChI is InChI=1S/C19H24N6OS2/c1-13(2)10-25-17(9-8-16(20)26)23-24-19(25)28-12-15-11-27-18(22-15)21-14-6-4-3-5-7-14/h3-7,11,13H,8-10,12H2,1-2H3,(H2,20,26)(H,21,22). The summed E-state index contributed by atoms with van der Waals surface area (Å²) in [5.41, 5.74) is 7.29. The van der Waals surface area contributed by atoms with Gasteiger partial charge in [-0.1, -0.05) is 43.8 Å². The van der Waals surface area contributed by atoms with Crippen LogP contribution in [0.5, 0.6) is 0 Å². The Morgan fingerprint density at radius 1 is 1.29 bits per heavy atom. The van der Waals surface area contributed by atoms with Crippen LogP contribution in [0.25, 0.3) is 0 Å². The molecule has 0 fully saturated rings. The van der Waals surface area contributed by atoms with Gasteiger partial charge in [-0.15, -0.1) is 21.5 Å². The minimum Gasteiger partial charge on any atom is -0.370 e. The number of hydrogen-bond acceptors (Lipinski definition) is 7. The largest absolute Gasteiger partial charge is 0.370 e. The number of nitrogens with zero attached hydrogens (tertiary/aromatic N) is 4. The number of thioether (sulfide) groups is 1. The molecule has 2 heterocycles. The highest BCUT2D eigenvalue weighted by Crippen LogP contribution is 2.27. The molecule has 0 aliphatic carbocycles. The molecule has 9 heteroatoms. The van der Waals surface area contributed by atoms with Crippen molar-refractivity contribution in [1.29, 1.82) is 0 Å². The molecule has 1 aromatic carbocycles. The lowest BCUT2D eigenvalue weighted by Gasteiger charge is -2.11. The van der Waals surface area contributed by atoms with Crippen LogP contribution in [0, 0.1) is 5.92 Å². The number of thiazole rings is 1. The summed E-state index contributed by atoms with van der Waals surface area (Å²) in [4.78, 5) is 15.7. The molecule has 2 aromatic heterocycles. The van der Waals surface area contributed by atoms with Gasteiger partial charge in [0, 0.05) is 36.2 Å². The summed E-state index contributed by atoms with van der Waals surface area (Å²) in [6.07, 6.45) is 0.791. The van der Waals surface area contributed by atoms with E-state index in [-0.39, 0.29) is 12.3 Å². The van der Waals surface area contributed by atoms with Gasteiger partial charge in [-0.05, 0) is 18.1 Å². The van der Waals surface area contributed by atoms with Gasteiger partial charge in [0.25, 0.3) is 0 Å². The number of nitrogens with two attached hydrogens (primary N) is 1. The van der Waals surface area contributed by atoms with E-state index in [1.54, 1.807) is 23.1 Å². The fourth-order valence-electron chi connectivity index (χ4n) is 2.61. The fourth-order valence-corrected chi connectivity index (χ4v) is 4.30. The van der Waals surface area contributed by atoms with E-state index >= 15 is 0 Å². The minimum atomic E-state index is -0.325. The van der Waals surface area contributed by atoms with E-state index in [4.69, 9.17) is 5.73 Å². The van der Waals surface area contributed by atoms with E-state index in [0.29, 0.717) is 18.1 Å². The van der Waals surface area contributed by atoms with Crippen molar-refractivity contribution in [1.82, 2.24) is 19.7 Å². The average Bonchev–Trinajstić information content (AvgIpc) is 3.25. The Morgan fingerprint density at radius 3 is 2.79 bits per heavy atom. The van der Waals surface area contributed by atoms with Gasteiger partial charge < -0.3 is 15.6 Å². The second-order valence-corrected chi connectivity index (χ2v) is 8.59. The number of hydrogen-bond donors (Lipinski definition) is 2. The van der Waals surface area contributed by atoms with E-state index in [1.165, 1.54) is 0 Å². The monoisotopic (exact) mass is 416 g/mol. The third kappa shape index (κ3) is 5.80. The number of amides is 1. The quantitative estimate of drug-likeness (QED) is 0.487. The van der Waals surface area contributed by atoms with Gasteiger partial charge in [-0.2, -0.15) is 0 Å². The highest BCUT2D eigenvalue weighted by molar-refractivity contribution is 7.98. The Bertz CT molecular complexity index is 906. The first-order chi connectivity index (χ1) is 13.5. The molecule has 3 rings (SSSR count). The average molecular weight is 417 g/mol. The van der Waals surface area contributed by atoms with E-state index in [0.717, 1.165) is 34.0 Å². The van der Waals surface area contributed by atoms with Gasteiger partial charge in [-0.3, -0.25) is 4.79 Å². The molecule has 148 valence electrons. The summed E-state index contributed by atoms with van der Waals surface area (Å²) in [6, 6.07) is 9.99. The van der Waals surface area contributed by atoms with Crippen molar-refractivity contribution in [2.45, 2.75) is 44.1 Å². The summed E-state index contributed by atoms with van der Waals surface area (Å²) in [7, 11) is 0. The zero-order chi connectivity index (χ0) is 19.9. The molecule has 0 saturated heterocycles. The van der Waals surface area contributed by atoms with Crippen LogP contribution in [-0.4, -0.2) is 25.7 Å². The van der Waals surface area contributed by atoms with Crippen LogP contribution in [0.1, 0.15) is 31.8 Å². The summed E-state index contributed by atoms with van der Waals surface area (Å²) in [6.45, 7) is 5.10. The molecule has 0 saturated carbocycles. The Morgan fingerprint density at radius 2 is 2.07 bits per heavy atom. The molecule has 3 N–H and O–H groups in total. The number of rotatable bonds is 10. The van der Waals surface area contributed by atoms with Gasteiger partial charge >= 0.3 is 0 Å². The molecule has 28 heavy (non-hydrogen) atoms. The maximum Gasteiger partial charge on any atom is 0.217 e. The van der Waals surface area contributed by atoms with Crippen LogP contribution in [0.3, 0.4) is 0 Å². The van der Waals surface area contributed by atoms with Crippen LogP contribution >= 0.6 is 23.1 Å². The smallest absolute Gasteiger partial charge is 0.217 e. The molecular weight excluding hydrogens is 392 g/mol. The second-order valence-electron chi connectivity index (χ2n) is 6.79. The van der Waals surface area contributed by atoms with Gasteiger partial charge in [-0.25, -0.2) is 4.98 Å².